The Morgan fingerprint density at radius 3 is 2.25 bits per heavy atom. The van der Waals surface area contributed by atoms with Crippen LogP contribution in [0.2, 0.25) is 0 Å². The van der Waals surface area contributed by atoms with E-state index in [2.05, 4.69) is 0 Å². The summed E-state index contributed by atoms with van der Waals surface area (Å²) in [6.07, 6.45) is 4.82. The van der Waals surface area contributed by atoms with Gasteiger partial charge in [-0.05, 0) is 6.08 Å². The van der Waals surface area contributed by atoms with E-state index in [-0.39, 0.29) is 0 Å². The van der Waals surface area contributed by atoms with Gasteiger partial charge in [-0.3, -0.25) is 0 Å². The molecule has 0 spiro atoms. The maximum absolute atomic E-state index is 12.0. The zero-order chi connectivity index (χ0) is 6.04. The van der Waals surface area contributed by atoms with Gasteiger partial charge >= 0.3 is 6.05 Å². The first-order valence-electron chi connectivity index (χ1n) is 2.21. The molecule has 1 heterocycles. The molecule has 0 aromatic carbocycles. The van der Waals surface area contributed by atoms with Gasteiger partial charge in [0.05, 0.1) is 0 Å². The first kappa shape index (κ1) is 5.28. The van der Waals surface area contributed by atoms with Gasteiger partial charge in [0.2, 0.25) is 0 Å². The summed E-state index contributed by atoms with van der Waals surface area (Å²) in [4.78, 5) is 0. The van der Waals surface area contributed by atoms with Gasteiger partial charge in [-0.2, -0.15) is 8.78 Å². The number of hydrogen-bond acceptors (Lipinski definition) is 1. The summed E-state index contributed by atoms with van der Waals surface area (Å²) in [6.45, 7) is 0. The van der Waals surface area contributed by atoms with Crippen LogP contribution in [0.1, 0.15) is 0 Å². The van der Waals surface area contributed by atoms with Crippen LogP contribution < -0.4 is 5.32 Å². The predicted molar refractivity (Wildman–Crippen MR) is 26.4 cm³/mol. The van der Waals surface area contributed by atoms with Gasteiger partial charge in [0.25, 0.3) is 0 Å². The molecule has 1 rings (SSSR count). The van der Waals surface area contributed by atoms with E-state index >= 15 is 0 Å². The summed E-state index contributed by atoms with van der Waals surface area (Å²) >= 11 is 0. The lowest BCUT2D eigenvalue weighted by Gasteiger charge is -2.12. The molecule has 3 heteroatoms. The molecule has 0 saturated heterocycles. The van der Waals surface area contributed by atoms with Crippen LogP contribution in [0.5, 0.6) is 0 Å². The van der Waals surface area contributed by atoms with Gasteiger partial charge in [0.15, 0.2) is 0 Å². The molecule has 0 saturated carbocycles. The average Bonchev–Trinajstić information content (AvgIpc) is 1.65. The number of nitrogens with one attached hydrogen (secondary N) is 1. The maximum atomic E-state index is 12.0. The van der Waals surface area contributed by atoms with E-state index in [9.17, 15) is 8.78 Å². The average molecular weight is 117 g/mol. The zero-order valence-electron chi connectivity index (χ0n) is 4.07. The number of allylic oxidation sites excluding steroid dienone is 2. The quantitative estimate of drug-likeness (QED) is 0.471. The van der Waals surface area contributed by atoms with E-state index in [0.29, 0.717) is 0 Å². The highest BCUT2D eigenvalue weighted by molar-refractivity contribution is 5.12. The van der Waals surface area contributed by atoms with E-state index in [4.69, 9.17) is 0 Å². The highest BCUT2D eigenvalue weighted by Crippen LogP contribution is 2.12. The van der Waals surface area contributed by atoms with Gasteiger partial charge in [-0.25, -0.2) is 0 Å². The minimum absolute atomic E-state index is 0.799. The summed E-state index contributed by atoms with van der Waals surface area (Å²) in [6, 6.07) is -2.84. The van der Waals surface area contributed by atoms with Crippen LogP contribution in [0.15, 0.2) is 24.4 Å². The lowest BCUT2D eigenvalue weighted by atomic mass is 10.4. The first-order chi connectivity index (χ1) is 3.71. The molecule has 0 bridgehead atoms. The van der Waals surface area contributed by atoms with E-state index in [0.717, 1.165) is 6.08 Å². The van der Waals surface area contributed by atoms with Gasteiger partial charge in [-0.15, -0.1) is 0 Å². The lowest BCUT2D eigenvalue weighted by Crippen LogP contribution is -2.30. The number of dihydropyridines is 1. The molecule has 44 valence electrons. The van der Waals surface area contributed by atoms with Gasteiger partial charge in [-0.1, -0.05) is 6.08 Å². The van der Waals surface area contributed by atoms with E-state index in [1.807, 2.05) is 5.32 Å². The monoisotopic (exact) mass is 117 g/mol. The third-order valence-electron chi connectivity index (χ3n) is 0.789. The van der Waals surface area contributed by atoms with E-state index in [1.165, 1.54) is 18.4 Å². The summed E-state index contributed by atoms with van der Waals surface area (Å²) in [5.41, 5.74) is 0. The molecule has 0 aromatic rings. The third-order valence-corrected chi connectivity index (χ3v) is 0.789. The lowest BCUT2D eigenvalue weighted by molar-refractivity contribution is 0.0308. The first-order valence-corrected chi connectivity index (χ1v) is 2.21. The van der Waals surface area contributed by atoms with Crippen molar-refractivity contribution in [2.75, 3.05) is 0 Å². The summed E-state index contributed by atoms with van der Waals surface area (Å²) < 4.78 is 23.9. The standard InChI is InChI=1S/C5H5F2N/c6-5(7)3-1-2-4-8-5/h1-4,8H. The highest BCUT2D eigenvalue weighted by Gasteiger charge is 2.22. The topological polar surface area (TPSA) is 12.0 Å². The van der Waals surface area contributed by atoms with Crippen LogP contribution in [0.25, 0.3) is 0 Å². The number of rotatable bonds is 0. The van der Waals surface area contributed by atoms with Crippen molar-refractivity contribution in [2.45, 2.75) is 6.05 Å². The SMILES string of the molecule is FC1(F)C=CC=CN1. The Bertz CT molecular complexity index is 137. The van der Waals surface area contributed by atoms with Crippen LogP contribution in [0.4, 0.5) is 8.78 Å². The molecule has 1 aliphatic rings. The predicted octanol–water partition coefficient (Wildman–Crippen LogP) is 1.25. The molecule has 1 nitrogen and oxygen atoms in total. The summed E-state index contributed by atoms with van der Waals surface area (Å²) in [5, 5.41) is 1.86. The fourth-order valence-electron chi connectivity index (χ4n) is 0.439. The summed E-state index contributed by atoms with van der Waals surface area (Å²) in [7, 11) is 0. The Hall–Kier alpha value is -0.860. The largest absolute Gasteiger partial charge is 0.343 e. The number of halogens is 2. The molecule has 1 N–H and O–H groups in total. The van der Waals surface area contributed by atoms with Crippen molar-refractivity contribution in [2.24, 2.45) is 0 Å². The van der Waals surface area contributed by atoms with Crippen LogP contribution in [-0.2, 0) is 0 Å². The van der Waals surface area contributed by atoms with Crippen molar-refractivity contribution in [3.63, 3.8) is 0 Å². The molecule has 1 aliphatic heterocycles. The molecule has 0 aromatic heterocycles. The fourth-order valence-corrected chi connectivity index (χ4v) is 0.439. The van der Waals surface area contributed by atoms with Crippen molar-refractivity contribution >= 4 is 0 Å². The Morgan fingerprint density at radius 1 is 1.25 bits per heavy atom. The Labute approximate surface area is 45.7 Å². The van der Waals surface area contributed by atoms with Crippen molar-refractivity contribution in [3.05, 3.63) is 24.4 Å². The zero-order valence-corrected chi connectivity index (χ0v) is 4.07. The maximum Gasteiger partial charge on any atom is 0.343 e. The minimum Gasteiger partial charge on any atom is -0.330 e. The van der Waals surface area contributed by atoms with Gasteiger partial charge in [0.1, 0.15) is 0 Å². The molecule has 0 amide bonds. The molecule has 0 atom stereocenters. The molecule has 0 fully saturated rings. The minimum atomic E-state index is -2.84. The highest BCUT2D eigenvalue weighted by atomic mass is 19.3. The van der Waals surface area contributed by atoms with Gasteiger partial charge < -0.3 is 5.32 Å². The van der Waals surface area contributed by atoms with Crippen molar-refractivity contribution in [1.82, 2.24) is 5.32 Å². The normalized spacial score (nSPS) is 22.8. The molecule has 0 radical (unpaired) electrons. The molecule has 8 heavy (non-hydrogen) atoms. The Morgan fingerprint density at radius 2 is 2.00 bits per heavy atom. The van der Waals surface area contributed by atoms with Crippen molar-refractivity contribution in [3.8, 4) is 0 Å². The van der Waals surface area contributed by atoms with E-state index in [1.54, 1.807) is 0 Å². The van der Waals surface area contributed by atoms with E-state index < -0.39 is 6.05 Å². The van der Waals surface area contributed by atoms with Crippen LogP contribution >= 0.6 is 0 Å². The Kier molecular flexibility index (Phi) is 1.04. The fraction of sp³-hybridized carbons (Fsp3) is 0.200. The molecule has 0 unspecified atom stereocenters. The van der Waals surface area contributed by atoms with Crippen molar-refractivity contribution in [1.29, 1.82) is 0 Å². The number of hydrogen-bond donors (Lipinski definition) is 1. The number of alkyl halides is 2. The second kappa shape index (κ2) is 1.58. The molecule has 0 aliphatic carbocycles. The third kappa shape index (κ3) is 1.05. The van der Waals surface area contributed by atoms with Crippen LogP contribution in [-0.4, -0.2) is 6.05 Å². The Balaban J connectivity index is 2.65. The molecular weight excluding hydrogens is 112 g/mol. The molecular formula is C5H5F2N. The smallest absolute Gasteiger partial charge is 0.330 e. The second-order valence-corrected chi connectivity index (χ2v) is 1.49. The summed E-state index contributed by atoms with van der Waals surface area (Å²) in [5.74, 6) is 0. The van der Waals surface area contributed by atoms with Gasteiger partial charge in [0, 0.05) is 12.3 Å². The van der Waals surface area contributed by atoms with Crippen LogP contribution in [0, 0.1) is 0 Å². The van der Waals surface area contributed by atoms with Crippen molar-refractivity contribution < 1.29 is 8.78 Å². The second-order valence-electron chi connectivity index (χ2n) is 1.49. The van der Waals surface area contributed by atoms with Crippen LogP contribution in [0.3, 0.4) is 0 Å².